The van der Waals surface area contributed by atoms with Crippen LogP contribution in [0.15, 0.2) is 0 Å². The number of hydrogen-bond acceptors (Lipinski definition) is 5. The van der Waals surface area contributed by atoms with Gasteiger partial charge in [0.05, 0.1) is 7.11 Å². The zero-order valence-corrected chi connectivity index (χ0v) is 14.0. The number of aliphatic carboxylic acids is 1. The second kappa shape index (κ2) is 6.57. The van der Waals surface area contributed by atoms with Crippen LogP contribution in [0.5, 0.6) is 0 Å². The van der Waals surface area contributed by atoms with Gasteiger partial charge in [-0.3, -0.25) is 0 Å². The first kappa shape index (κ1) is 17.9. The average Bonchev–Trinajstić information content (AvgIpc) is 2.88. The molecule has 3 N–H and O–H groups in total. The van der Waals surface area contributed by atoms with Gasteiger partial charge in [0, 0.05) is 18.8 Å². The molecule has 7 nitrogen and oxygen atoms in total. The molecular weight excluding hydrogens is 300 g/mol. The Balaban J connectivity index is 2.58. The van der Waals surface area contributed by atoms with E-state index in [1.54, 1.807) is 13.8 Å². The summed E-state index contributed by atoms with van der Waals surface area (Å²) in [5.74, 6) is -1.78. The van der Waals surface area contributed by atoms with Crippen molar-refractivity contribution in [3.05, 3.63) is 0 Å². The van der Waals surface area contributed by atoms with E-state index in [4.69, 9.17) is 10.5 Å². The second-order valence-corrected chi connectivity index (χ2v) is 7.06. The Morgan fingerprint density at radius 3 is 2.35 bits per heavy atom. The van der Waals surface area contributed by atoms with E-state index in [0.29, 0.717) is 12.8 Å². The lowest BCUT2D eigenvalue weighted by atomic mass is 9.84. The van der Waals surface area contributed by atoms with Crippen LogP contribution in [0.2, 0.25) is 0 Å². The van der Waals surface area contributed by atoms with Crippen molar-refractivity contribution in [2.24, 2.45) is 17.6 Å². The number of amides is 2. The van der Waals surface area contributed by atoms with Gasteiger partial charge in [-0.2, -0.15) is 4.79 Å². The van der Waals surface area contributed by atoms with Crippen molar-refractivity contribution in [3.8, 4) is 0 Å². The minimum atomic E-state index is -1.13. The zero-order chi connectivity index (χ0) is 17.4. The van der Waals surface area contributed by atoms with E-state index in [-0.39, 0.29) is 17.9 Å². The van der Waals surface area contributed by atoms with Crippen LogP contribution in [0.3, 0.4) is 0 Å². The quantitative estimate of drug-likeness (QED) is 0.761. The summed E-state index contributed by atoms with van der Waals surface area (Å²) in [7, 11) is 1.20. The summed E-state index contributed by atoms with van der Waals surface area (Å²) in [5.41, 5.74) is 6.04. The molecule has 1 aliphatic carbocycles. The molecule has 5 atom stereocenters. The lowest BCUT2D eigenvalue weighted by molar-refractivity contribution is -0.815. The molecule has 7 heteroatoms. The minimum Gasteiger partial charge on any atom is -0.477 e. The van der Waals surface area contributed by atoms with Gasteiger partial charge >= 0.3 is 18.0 Å². The van der Waals surface area contributed by atoms with E-state index in [0.717, 1.165) is 19.3 Å². The predicted octanol–water partition coefficient (Wildman–Crippen LogP) is 1.50. The van der Waals surface area contributed by atoms with E-state index in [9.17, 15) is 19.5 Å². The highest BCUT2D eigenvalue weighted by Gasteiger charge is 2.68. The van der Waals surface area contributed by atoms with Crippen LogP contribution in [-0.4, -0.2) is 52.8 Å². The van der Waals surface area contributed by atoms with Gasteiger partial charge in [-0.15, -0.1) is 4.48 Å². The fraction of sp³-hybridized carbons (Fsp3) is 0.812. The smallest absolute Gasteiger partial charge is 0.477 e. The Kier molecular flexibility index (Phi) is 5.10. The number of likely N-dealkylation sites (tertiary alicyclic amines) is 1. The monoisotopic (exact) mass is 327 g/mol. The molecule has 0 aromatic heterocycles. The van der Waals surface area contributed by atoms with Crippen LogP contribution in [0, 0.1) is 11.8 Å². The molecule has 1 aliphatic heterocycles. The van der Waals surface area contributed by atoms with E-state index >= 15 is 0 Å². The molecule has 1 heterocycles. The average molecular weight is 327 g/mol. The van der Waals surface area contributed by atoms with Crippen LogP contribution < -0.4 is 5.73 Å². The summed E-state index contributed by atoms with van der Waals surface area (Å²) in [6.07, 6.45) is 2.92. The molecule has 2 amide bonds. The van der Waals surface area contributed by atoms with Crippen LogP contribution in [-0.2, 0) is 14.3 Å². The molecule has 1 saturated carbocycles. The van der Waals surface area contributed by atoms with Crippen molar-refractivity contribution >= 4 is 18.0 Å². The molecule has 0 aromatic rings. The summed E-state index contributed by atoms with van der Waals surface area (Å²) < 4.78 is 4.14. The first-order valence-corrected chi connectivity index (χ1v) is 8.28. The van der Waals surface area contributed by atoms with Crippen LogP contribution in [0.1, 0.15) is 46.0 Å². The highest BCUT2D eigenvalue weighted by molar-refractivity contribution is 5.89. The molecule has 0 aromatic carbocycles. The van der Waals surface area contributed by atoms with Crippen LogP contribution in [0.25, 0.3) is 0 Å². The molecule has 2 aliphatic rings. The molecule has 1 unspecified atom stereocenters. The number of rotatable bonds is 3. The molecule has 0 spiro atoms. The number of fused-ring (bicyclic) bond motifs is 1. The number of ether oxygens (including phenoxy) is 1. The van der Waals surface area contributed by atoms with Crippen molar-refractivity contribution in [3.63, 3.8) is 0 Å². The van der Waals surface area contributed by atoms with Gasteiger partial charge in [-0.05, 0) is 18.8 Å². The van der Waals surface area contributed by atoms with Crippen LogP contribution in [0.4, 0.5) is 4.79 Å². The summed E-state index contributed by atoms with van der Waals surface area (Å²) >= 11 is 0. The highest BCUT2D eigenvalue weighted by atomic mass is 16.6. The Bertz CT molecular complexity index is 507. The van der Waals surface area contributed by atoms with Gasteiger partial charge in [-0.25, -0.2) is 9.59 Å². The Morgan fingerprint density at radius 1 is 1.22 bits per heavy atom. The standard InChI is InChI=1S/C16H26N2O5/c1-9(2)13(17)14(19)18(16(22)23-3)11-7-5-4-6-10(11)8-12(18)15(20)21/h9-13H,4-8,17H2,1-3H3/p+1/t10-,11-,12-,13-,18?/m0/s1. The van der Waals surface area contributed by atoms with E-state index < -0.39 is 34.5 Å². The number of carbonyl (C=O) groups excluding carboxylic acids is 2. The van der Waals surface area contributed by atoms with Gasteiger partial charge in [0.25, 0.3) is 0 Å². The van der Waals surface area contributed by atoms with E-state index in [1.807, 2.05) is 0 Å². The number of imide groups is 1. The van der Waals surface area contributed by atoms with Crippen molar-refractivity contribution in [2.45, 2.75) is 64.1 Å². The molecule has 2 rings (SSSR count). The van der Waals surface area contributed by atoms with Gasteiger partial charge in [-0.1, -0.05) is 20.3 Å². The lowest BCUT2D eigenvalue weighted by Gasteiger charge is -2.40. The third kappa shape index (κ3) is 2.65. The molecule has 2 fully saturated rings. The SMILES string of the molecule is COC(=O)[N+]1(C(=O)[C@@H](N)C(C)C)[C@H](C(=O)O)C[C@@H]2CCCC[C@@H]21. The Labute approximate surface area is 136 Å². The number of methoxy groups -OCH3 is 1. The topological polar surface area (TPSA) is 107 Å². The lowest BCUT2D eigenvalue weighted by Crippen LogP contribution is -2.70. The fourth-order valence-corrected chi connectivity index (χ4v) is 4.31. The van der Waals surface area contributed by atoms with Crippen molar-refractivity contribution in [2.75, 3.05) is 7.11 Å². The summed E-state index contributed by atoms with van der Waals surface area (Å²) in [6.45, 7) is 3.58. The van der Waals surface area contributed by atoms with Crippen molar-refractivity contribution < 1.29 is 28.7 Å². The number of carboxylic acid groups (broad SMARTS) is 1. The van der Waals surface area contributed by atoms with E-state index in [2.05, 4.69) is 0 Å². The number of quaternary nitrogens is 1. The molecule has 0 radical (unpaired) electrons. The number of carboxylic acids is 1. The fourth-order valence-electron chi connectivity index (χ4n) is 4.31. The van der Waals surface area contributed by atoms with Crippen LogP contribution >= 0.6 is 0 Å². The molecule has 23 heavy (non-hydrogen) atoms. The number of nitrogens with two attached hydrogens (primary N) is 1. The summed E-state index contributed by atoms with van der Waals surface area (Å²) in [4.78, 5) is 37.7. The van der Waals surface area contributed by atoms with Crippen molar-refractivity contribution in [1.82, 2.24) is 0 Å². The highest BCUT2D eigenvalue weighted by Crippen LogP contribution is 2.46. The second-order valence-electron chi connectivity index (χ2n) is 7.06. The molecule has 0 bridgehead atoms. The first-order valence-electron chi connectivity index (χ1n) is 8.28. The predicted molar refractivity (Wildman–Crippen MR) is 82.3 cm³/mol. The minimum absolute atomic E-state index is 0.0484. The Morgan fingerprint density at radius 2 is 1.83 bits per heavy atom. The number of carbonyl (C=O) groups is 3. The maximum absolute atomic E-state index is 13.2. The normalized spacial score (nSPS) is 34.7. The Hall–Kier alpha value is -1.47. The first-order chi connectivity index (χ1) is 10.8. The third-order valence-electron chi connectivity index (χ3n) is 5.54. The largest absolute Gasteiger partial charge is 0.524 e. The summed E-state index contributed by atoms with van der Waals surface area (Å²) in [5, 5.41) is 9.69. The van der Waals surface area contributed by atoms with E-state index in [1.165, 1.54) is 7.11 Å². The van der Waals surface area contributed by atoms with Gasteiger partial charge in [0.15, 0.2) is 0 Å². The molecule has 130 valence electrons. The van der Waals surface area contributed by atoms with Gasteiger partial charge < -0.3 is 15.6 Å². The third-order valence-corrected chi connectivity index (χ3v) is 5.54. The maximum atomic E-state index is 13.2. The van der Waals surface area contributed by atoms with Gasteiger partial charge in [0.1, 0.15) is 12.1 Å². The summed E-state index contributed by atoms with van der Waals surface area (Å²) in [6, 6.07) is -2.33. The zero-order valence-electron chi connectivity index (χ0n) is 14.0. The molecule has 1 saturated heterocycles. The number of nitrogens with zero attached hydrogens (tertiary/aromatic N) is 1. The maximum Gasteiger partial charge on any atom is 0.524 e. The van der Waals surface area contributed by atoms with Gasteiger partial charge in [0.2, 0.25) is 6.04 Å². The molecular formula is C16H27N2O5+. The van der Waals surface area contributed by atoms with Crippen molar-refractivity contribution in [1.29, 1.82) is 0 Å². The number of hydrogen-bond donors (Lipinski definition) is 2.